The molecule has 1 N–H and O–H groups in total. The summed E-state index contributed by atoms with van der Waals surface area (Å²) in [6, 6.07) is 10.7. The van der Waals surface area contributed by atoms with Crippen molar-refractivity contribution in [3.63, 3.8) is 0 Å². The van der Waals surface area contributed by atoms with Crippen molar-refractivity contribution in [3.8, 4) is 0 Å². The van der Waals surface area contributed by atoms with Gasteiger partial charge in [-0.2, -0.15) is 0 Å². The van der Waals surface area contributed by atoms with Crippen molar-refractivity contribution in [3.05, 3.63) is 52.0 Å². The Morgan fingerprint density at radius 1 is 1.14 bits per heavy atom. The van der Waals surface area contributed by atoms with Crippen LogP contribution in [0.2, 0.25) is 0 Å². The number of benzene rings is 1. The second kappa shape index (κ2) is 12.4. The number of nitrogens with one attached hydrogen (secondary N) is 1. The van der Waals surface area contributed by atoms with Crippen molar-refractivity contribution in [1.29, 1.82) is 0 Å². The zero-order valence-electron chi connectivity index (χ0n) is 16.9. The first kappa shape index (κ1) is 23.1. The van der Waals surface area contributed by atoms with Gasteiger partial charge in [-0.3, -0.25) is 9.89 Å². The minimum Gasteiger partial charge on any atom is -0.357 e. The molecule has 0 amide bonds. The lowest BCUT2D eigenvalue weighted by molar-refractivity contribution is 0.172. The van der Waals surface area contributed by atoms with Crippen LogP contribution in [0.15, 0.2) is 40.7 Å². The number of thiazole rings is 1. The fourth-order valence-electron chi connectivity index (χ4n) is 3.29. The molecule has 28 heavy (non-hydrogen) atoms. The van der Waals surface area contributed by atoms with Crippen LogP contribution in [0.3, 0.4) is 0 Å². The maximum atomic E-state index is 4.85. The highest BCUT2D eigenvalue weighted by molar-refractivity contribution is 14.0. The van der Waals surface area contributed by atoms with Gasteiger partial charge in [-0.25, -0.2) is 4.98 Å². The van der Waals surface area contributed by atoms with E-state index < -0.39 is 0 Å². The third kappa shape index (κ3) is 7.00. The van der Waals surface area contributed by atoms with Crippen LogP contribution < -0.4 is 5.32 Å². The first-order valence-corrected chi connectivity index (χ1v) is 10.9. The first-order chi connectivity index (χ1) is 13.3. The minimum atomic E-state index is 0. The summed E-state index contributed by atoms with van der Waals surface area (Å²) >= 11 is 1.76. The number of aryl methyl sites for hydroxylation is 1. The number of rotatable bonds is 7. The van der Waals surface area contributed by atoms with Crippen molar-refractivity contribution in [2.75, 3.05) is 39.3 Å². The normalized spacial score (nSPS) is 15.4. The molecule has 1 fully saturated rings. The van der Waals surface area contributed by atoms with Crippen LogP contribution in [0.1, 0.15) is 30.1 Å². The quantitative estimate of drug-likeness (QED) is 0.349. The number of piperazine rings is 1. The van der Waals surface area contributed by atoms with Gasteiger partial charge in [0, 0.05) is 57.6 Å². The summed E-state index contributed by atoms with van der Waals surface area (Å²) in [5.74, 6) is 1.04. The van der Waals surface area contributed by atoms with E-state index >= 15 is 0 Å². The molecule has 5 nitrogen and oxygen atoms in total. The standard InChI is InChI=1S/C21H31N5S.HI/c1-3-20-24-19(17-27-20)10-11-23-21(22-4-2)26-14-12-25(13-15-26)16-18-8-6-5-7-9-18;/h5-9,17H,3-4,10-16H2,1-2H3,(H,22,23);1H. The number of nitrogens with zero attached hydrogens (tertiary/aromatic N) is 4. The molecule has 3 rings (SSSR count). The molecular weight excluding hydrogens is 481 g/mol. The summed E-state index contributed by atoms with van der Waals surface area (Å²) in [6.07, 6.45) is 1.93. The third-order valence-corrected chi connectivity index (χ3v) is 5.83. The molecule has 1 saturated heterocycles. The molecule has 7 heteroatoms. The Bertz CT molecular complexity index is 711. The molecule has 0 bridgehead atoms. The maximum absolute atomic E-state index is 4.85. The lowest BCUT2D eigenvalue weighted by Crippen LogP contribution is -2.52. The predicted molar refractivity (Wildman–Crippen MR) is 130 cm³/mol. The van der Waals surface area contributed by atoms with Gasteiger partial charge >= 0.3 is 0 Å². The molecule has 1 aliphatic rings. The molecule has 0 aliphatic carbocycles. The largest absolute Gasteiger partial charge is 0.357 e. The summed E-state index contributed by atoms with van der Waals surface area (Å²) in [5.41, 5.74) is 2.56. The summed E-state index contributed by atoms with van der Waals surface area (Å²) in [7, 11) is 0. The molecule has 1 aromatic heterocycles. The number of hydrogen-bond donors (Lipinski definition) is 1. The number of guanidine groups is 1. The fourth-order valence-corrected chi connectivity index (χ4v) is 4.07. The molecule has 2 heterocycles. The van der Waals surface area contributed by atoms with Crippen LogP contribution in [-0.2, 0) is 19.4 Å². The lowest BCUT2D eigenvalue weighted by Gasteiger charge is -2.36. The van der Waals surface area contributed by atoms with Gasteiger partial charge in [0.25, 0.3) is 0 Å². The van der Waals surface area contributed by atoms with Gasteiger partial charge < -0.3 is 10.2 Å². The molecule has 0 radical (unpaired) electrons. The van der Waals surface area contributed by atoms with E-state index in [1.807, 2.05) is 0 Å². The topological polar surface area (TPSA) is 43.8 Å². The van der Waals surface area contributed by atoms with Gasteiger partial charge in [-0.05, 0) is 18.9 Å². The van der Waals surface area contributed by atoms with E-state index in [9.17, 15) is 0 Å². The Balaban J connectivity index is 0.00000280. The molecule has 0 atom stereocenters. The Hall–Kier alpha value is -1.19. The van der Waals surface area contributed by atoms with Gasteiger partial charge in [0.1, 0.15) is 0 Å². The summed E-state index contributed by atoms with van der Waals surface area (Å²) < 4.78 is 0. The van der Waals surface area contributed by atoms with Gasteiger partial charge in [-0.1, -0.05) is 37.3 Å². The first-order valence-electron chi connectivity index (χ1n) is 10.0. The zero-order chi connectivity index (χ0) is 18.9. The number of aliphatic imine (C=N–C) groups is 1. The van der Waals surface area contributed by atoms with Crippen LogP contribution in [-0.4, -0.2) is 60.0 Å². The Morgan fingerprint density at radius 3 is 2.54 bits per heavy atom. The van der Waals surface area contributed by atoms with Crippen molar-refractivity contribution in [1.82, 2.24) is 20.1 Å². The molecule has 0 saturated carbocycles. The predicted octanol–water partition coefficient (Wildman–Crippen LogP) is 3.65. The highest BCUT2D eigenvalue weighted by atomic mass is 127. The highest BCUT2D eigenvalue weighted by Gasteiger charge is 2.19. The molecule has 1 aromatic carbocycles. The second-order valence-electron chi connectivity index (χ2n) is 6.82. The van der Waals surface area contributed by atoms with E-state index in [4.69, 9.17) is 4.99 Å². The van der Waals surface area contributed by atoms with Gasteiger partial charge in [0.05, 0.1) is 10.7 Å². The fraction of sp³-hybridized carbons (Fsp3) is 0.524. The van der Waals surface area contributed by atoms with Crippen molar-refractivity contribution < 1.29 is 0 Å². The number of halogens is 1. The molecule has 154 valence electrons. The summed E-state index contributed by atoms with van der Waals surface area (Å²) in [4.78, 5) is 14.4. The molecule has 0 spiro atoms. The van der Waals surface area contributed by atoms with Crippen LogP contribution in [0.25, 0.3) is 0 Å². The second-order valence-corrected chi connectivity index (χ2v) is 7.76. The van der Waals surface area contributed by atoms with Crippen LogP contribution in [0.4, 0.5) is 0 Å². The minimum absolute atomic E-state index is 0. The van der Waals surface area contributed by atoms with Crippen molar-refractivity contribution in [2.24, 2.45) is 4.99 Å². The number of aromatic nitrogens is 1. The number of hydrogen-bond acceptors (Lipinski definition) is 4. The Kier molecular flexibility index (Phi) is 10.2. The SMILES string of the molecule is CCNC(=NCCc1csc(CC)n1)N1CCN(Cc2ccccc2)CC1.I. The van der Waals surface area contributed by atoms with E-state index in [1.54, 1.807) is 11.3 Å². The Morgan fingerprint density at radius 2 is 1.89 bits per heavy atom. The van der Waals surface area contributed by atoms with E-state index in [-0.39, 0.29) is 24.0 Å². The highest BCUT2D eigenvalue weighted by Crippen LogP contribution is 2.11. The zero-order valence-corrected chi connectivity index (χ0v) is 20.1. The van der Waals surface area contributed by atoms with Crippen molar-refractivity contribution >= 4 is 41.3 Å². The third-order valence-electron chi connectivity index (χ3n) is 4.79. The van der Waals surface area contributed by atoms with Crippen LogP contribution in [0.5, 0.6) is 0 Å². The maximum Gasteiger partial charge on any atom is 0.194 e. The summed E-state index contributed by atoms with van der Waals surface area (Å²) in [6.45, 7) is 11.2. The smallest absolute Gasteiger partial charge is 0.194 e. The monoisotopic (exact) mass is 513 g/mol. The van der Waals surface area contributed by atoms with Gasteiger partial charge in [-0.15, -0.1) is 35.3 Å². The van der Waals surface area contributed by atoms with Crippen molar-refractivity contribution in [2.45, 2.75) is 33.2 Å². The van der Waals surface area contributed by atoms with E-state index in [2.05, 4.69) is 69.7 Å². The van der Waals surface area contributed by atoms with E-state index in [0.717, 1.165) is 64.6 Å². The van der Waals surface area contributed by atoms with Crippen LogP contribution >= 0.6 is 35.3 Å². The lowest BCUT2D eigenvalue weighted by atomic mass is 10.2. The summed E-state index contributed by atoms with van der Waals surface area (Å²) in [5, 5.41) is 6.85. The van der Waals surface area contributed by atoms with E-state index in [0.29, 0.717) is 0 Å². The molecule has 0 unspecified atom stereocenters. The van der Waals surface area contributed by atoms with E-state index in [1.165, 1.54) is 16.3 Å². The van der Waals surface area contributed by atoms with Crippen LogP contribution in [0, 0.1) is 0 Å². The molecular formula is C21H32IN5S. The van der Waals surface area contributed by atoms with Gasteiger partial charge in [0.15, 0.2) is 5.96 Å². The average molecular weight is 513 g/mol. The molecule has 1 aliphatic heterocycles. The molecule has 2 aromatic rings. The van der Waals surface area contributed by atoms with Gasteiger partial charge in [0.2, 0.25) is 0 Å². The Labute approximate surface area is 190 Å². The average Bonchev–Trinajstić information content (AvgIpc) is 3.17.